The average molecular weight is 336 g/mol. The van der Waals surface area contributed by atoms with E-state index in [1.165, 1.54) is 0 Å². The van der Waals surface area contributed by atoms with Crippen LogP contribution < -0.4 is 4.72 Å². The smallest absolute Gasteiger partial charge is 0.261 e. The van der Waals surface area contributed by atoms with Crippen LogP contribution in [0.15, 0.2) is 47.6 Å². The molecular weight excluding hydrogens is 322 g/mol. The molecule has 3 rings (SSSR count). The third-order valence-corrected chi connectivity index (χ3v) is 5.22. The molecule has 0 atom stereocenters. The second-order valence-electron chi connectivity index (χ2n) is 5.08. The van der Waals surface area contributed by atoms with E-state index in [4.69, 9.17) is 11.6 Å². The molecule has 0 saturated carbocycles. The highest BCUT2D eigenvalue weighted by Gasteiger charge is 2.16. The van der Waals surface area contributed by atoms with Crippen LogP contribution in [0.3, 0.4) is 0 Å². The van der Waals surface area contributed by atoms with Crippen molar-refractivity contribution in [2.75, 3.05) is 4.72 Å². The van der Waals surface area contributed by atoms with Gasteiger partial charge in [0.2, 0.25) is 0 Å². The minimum absolute atomic E-state index is 0.162. The first-order valence-electron chi connectivity index (χ1n) is 6.57. The highest BCUT2D eigenvalue weighted by Crippen LogP contribution is 2.24. The van der Waals surface area contributed by atoms with Gasteiger partial charge in [-0.15, -0.1) is 0 Å². The van der Waals surface area contributed by atoms with Crippen molar-refractivity contribution < 1.29 is 8.42 Å². The predicted molar refractivity (Wildman–Crippen MR) is 87.7 cm³/mol. The van der Waals surface area contributed by atoms with Gasteiger partial charge in [0.25, 0.3) is 10.0 Å². The zero-order valence-corrected chi connectivity index (χ0v) is 13.6. The first-order valence-corrected chi connectivity index (χ1v) is 8.43. The summed E-state index contributed by atoms with van der Waals surface area (Å²) in [5.74, 6) is 0. The van der Waals surface area contributed by atoms with Gasteiger partial charge in [-0.1, -0.05) is 17.7 Å². The molecule has 2 aromatic carbocycles. The maximum atomic E-state index is 12.5. The van der Waals surface area contributed by atoms with Crippen LogP contribution in [0.25, 0.3) is 11.0 Å². The largest absolute Gasteiger partial charge is 0.334 e. The van der Waals surface area contributed by atoms with Gasteiger partial charge in [-0.05, 0) is 42.8 Å². The van der Waals surface area contributed by atoms with Crippen LogP contribution in [0.5, 0.6) is 0 Å². The second kappa shape index (κ2) is 5.30. The number of sulfonamides is 1. The molecule has 1 N–H and O–H groups in total. The van der Waals surface area contributed by atoms with Gasteiger partial charge in [0, 0.05) is 12.1 Å². The van der Waals surface area contributed by atoms with Gasteiger partial charge in [-0.2, -0.15) is 0 Å². The molecule has 0 aliphatic heterocycles. The summed E-state index contributed by atoms with van der Waals surface area (Å²) in [5.41, 5.74) is 2.82. The molecule has 0 aliphatic carbocycles. The third-order valence-electron chi connectivity index (χ3n) is 3.43. The monoisotopic (exact) mass is 335 g/mol. The highest BCUT2D eigenvalue weighted by atomic mass is 35.5. The molecule has 1 aromatic heterocycles. The van der Waals surface area contributed by atoms with Gasteiger partial charge in [-0.3, -0.25) is 4.72 Å². The van der Waals surface area contributed by atoms with Gasteiger partial charge in [0.05, 0.1) is 27.9 Å². The Kier molecular flexibility index (Phi) is 3.58. The molecule has 7 heteroatoms. The number of imidazole rings is 1. The predicted octanol–water partition coefficient (Wildman–Crippen LogP) is 3.34. The van der Waals surface area contributed by atoms with E-state index in [1.807, 2.05) is 18.5 Å². The van der Waals surface area contributed by atoms with Crippen molar-refractivity contribution in [2.24, 2.45) is 7.05 Å². The van der Waals surface area contributed by atoms with Crippen molar-refractivity contribution in [3.63, 3.8) is 0 Å². The van der Waals surface area contributed by atoms with E-state index in [1.54, 1.807) is 42.7 Å². The Morgan fingerprint density at radius 3 is 2.68 bits per heavy atom. The molecule has 3 aromatic rings. The maximum absolute atomic E-state index is 12.5. The Hall–Kier alpha value is -2.05. The highest BCUT2D eigenvalue weighted by molar-refractivity contribution is 7.92. The summed E-state index contributed by atoms with van der Waals surface area (Å²) in [7, 11) is -1.83. The van der Waals surface area contributed by atoms with Crippen molar-refractivity contribution in [1.82, 2.24) is 9.55 Å². The molecule has 0 amide bonds. The molecular formula is C15H14ClN3O2S. The molecule has 22 heavy (non-hydrogen) atoms. The fraction of sp³-hybridized carbons (Fsp3) is 0.133. The van der Waals surface area contributed by atoms with E-state index in [0.29, 0.717) is 16.2 Å². The van der Waals surface area contributed by atoms with Crippen molar-refractivity contribution in [2.45, 2.75) is 11.8 Å². The lowest BCUT2D eigenvalue weighted by Gasteiger charge is -2.09. The van der Waals surface area contributed by atoms with Crippen LogP contribution in [0.4, 0.5) is 5.69 Å². The lowest BCUT2D eigenvalue weighted by molar-refractivity contribution is 0.601. The zero-order valence-electron chi connectivity index (χ0n) is 12.0. The minimum atomic E-state index is -3.68. The third kappa shape index (κ3) is 2.67. The summed E-state index contributed by atoms with van der Waals surface area (Å²) in [4.78, 5) is 4.34. The Bertz CT molecular complexity index is 964. The number of rotatable bonds is 3. The number of fused-ring (bicyclic) bond motifs is 1. The van der Waals surface area contributed by atoms with Crippen molar-refractivity contribution in [3.05, 3.63) is 53.3 Å². The van der Waals surface area contributed by atoms with Gasteiger partial charge in [-0.25, -0.2) is 13.4 Å². The number of aryl methyl sites for hydroxylation is 2. The second-order valence-corrected chi connectivity index (χ2v) is 7.17. The molecule has 0 saturated heterocycles. The molecule has 0 radical (unpaired) electrons. The first-order chi connectivity index (χ1) is 10.4. The first kappa shape index (κ1) is 14.9. The molecule has 5 nitrogen and oxygen atoms in total. The van der Waals surface area contributed by atoms with E-state index in [0.717, 1.165) is 11.1 Å². The van der Waals surface area contributed by atoms with E-state index < -0.39 is 10.0 Å². The molecule has 0 spiro atoms. The lowest BCUT2D eigenvalue weighted by Crippen LogP contribution is -2.13. The molecule has 0 unspecified atom stereocenters. The number of benzene rings is 2. The fourth-order valence-corrected chi connectivity index (χ4v) is 3.40. The van der Waals surface area contributed by atoms with Crippen molar-refractivity contribution in [1.29, 1.82) is 0 Å². The summed E-state index contributed by atoms with van der Waals surface area (Å²) < 4.78 is 29.3. The summed E-state index contributed by atoms with van der Waals surface area (Å²) in [5, 5.41) is 0.514. The van der Waals surface area contributed by atoms with E-state index in [9.17, 15) is 8.42 Å². The molecule has 0 fully saturated rings. The van der Waals surface area contributed by atoms with Gasteiger partial charge >= 0.3 is 0 Å². The Morgan fingerprint density at radius 1 is 1.18 bits per heavy atom. The SMILES string of the molecule is Cc1ccc(NS(=O)(=O)c2ccc3c(c2)ncn3C)cc1Cl. The van der Waals surface area contributed by atoms with Crippen LogP contribution in [0.2, 0.25) is 5.02 Å². The summed E-state index contributed by atoms with van der Waals surface area (Å²) in [6.45, 7) is 1.86. The van der Waals surface area contributed by atoms with Crippen molar-refractivity contribution >= 4 is 38.3 Å². The molecule has 114 valence electrons. The van der Waals surface area contributed by atoms with E-state index in [-0.39, 0.29) is 4.90 Å². The lowest BCUT2D eigenvalue weighted by atomic mass is 10.2. The van der Waals surface area contributed by atoms with Crippen LogP contribution in [0.1, 0.15) is 5.56 Å². The Morgan fingerprint density at radius 2 is 1.95 bits per heavy atom. The van der Waals surface area contributed by atoms with Crippen LogP contribution in [-0.4, -0.2) is 18.0 Å². The number of nitrogens with zero attached hydrogens (tertiary/aromatic N) is 2. The standard InChI is InChI=1S/C15H14ClN3O2S/c1-10-3-4-11(7-13(10)16)18-22(20,21)12-5-6-15-14(8-12)17-9-19(15)2/h3-9,18H,1-2H3. The van der Waals surface area contributed by atoms with E-state index in [2.05, 4.69) is 9.71 Å². The summed E-state index contributed by atoms with van der Waals surface area (Å²) >= 11 is 6.02. The van der Waals surface area contributed by atoms with E-state index >= 15 is 0 Å². The Balaban J connectivity index is 1.98. The topological polar surface area (TPSA) is 64.0 Å². The number of aromatic nitrogens is 2. The number of nitrogens with one attached hydrogen (secondary N) is 1. The number of halogens is 1. The van der Waals surface area contributed by atoms with Gasteiger partial charge in [0.1, 0.15) is 0 Å². The summed E-state index contributed by atoms with van der Waals surface area (Å²) in [6.07, 6.45) is 1.65. The summed E-state index contributed by atoms with van der Waals surface area (Å²) in [6, 6.07) is 9.88. The molecule has 0 bridgehead atoms. The molecule has 0 aliphatic rings. The number of anilines is 1. The van der Waals surface area contributed by atoms with Gasteiger partial charge in [0.15, 0.2) is 0 Å². The normalized spacial score (nSPS) is 11.8. The quantitative estimate of drug-likeness (QED) is 0.798. The van der Waals surface area contributed by atoms with Gasteiger partial charge < -0.3 is 4.57 Å². The van der Waals surface area contributed by atoms with Crippen LogP contribution in [-0.2, 0) is 17.1 Å². The number of hydrogen-bond donors (Lipinski definition) is 1. The maximum Gasteiger partial charge on any atom is 0.261 e. The fourth-order valence-electron chi connectivity index (χ4n) is 2.15. The number of hydrogen-bond acceptors (Lipinski definition) is 3. The molecule has 1 heterocycles. The van der Waals surface area contributed by atoms with Crippen molar-refractivity contribution in [3.8, 4) is 0 Å². The minimum Gasteiger partial charge on any atom is -0.334 e. The zero-order chi connectivity index (χ0) is 15.9. The van der Waals surface area contributed by atoms with Crippen LogP contribution >= 0.6 is 11.6 Å². The Labute approximate surface area is 133 Å². The van der Waals surface area contributed by atoms with Crippen LogP contribution in [0, 0.1) is 6.92 Å². The average Bonchev–Trinajstić information content (AvgIpc) is 2.84.